The van der Waals surface area contributed by atoms with Crippen molar-refractivity contribution in [1.29, 1.82) is 0 Å². The van der Waals surface area contributed by atoms with Gasteiger partial charge in [-0.15, -0.1) is 0 Å². The van der Waals surface area contributed by atoms with Crippen molar-refractivity contribution in [2.24, 2.45) is 5.92 Å². The van der Waals surface area contributed by atoms with Crippen molar-refractivity contribution in [2.75, 3.05) is 9.80 Å². The van der Waals surface area contributed by atoms with Crippen molar-refractivity contribution in [3.05, 3.63) is 239 Å². The van der Waals surface area contributed by atoms with E-state index in [1.165, 1.54) is 150 Å². The van der Waals surface area contributed by atoms with Crippen LogP contribution in [0.3, 0.4) is 0 Å². The van der Waals surface area contributed by atoms with Crippen LogP contribution in [0.25, 0.3) is 39.6 Å². The zero-order valence-electron chi connectivity index (χ0n) is 41.8. The average molecular weight is 971 g/mol. The lowest BCUT2D eigenvalue weighted by Gasteiger charge is -2.47. The lowest BCUT2D eigenvalue weighted by atomic mass is 9.64. The summed E-state index contributed by atoms with van der Waals surface area (Å²) in [5, 5.41) is 9.27. The maximum Gasteiger partial charge on any atom is 0.123 e. The van der Waals surface area contributed by atoms with Gasteiger partial charge in [-0.3, -0.25) is 0 Å². The molecule has 16 rings (SSSR count). The molecule has 2 saturated heterocycles. The van der Waals surface area contributed by atoms with Crippen LogP contribution in [-0.4, -0.2) is 16.1 Å². The second kappa shape index (κ2) is 15.4. The summed E-state index contributed by atoms with van der Waals surface area (Å²) < 4.78 is 0. The number of allylic oxidation sites excluding steroid dienone is 7. The van der Waals surface area contributed by atoms with Gasteiger partial charge in [-0.1, -0.05) is 203 Å². The fraction of sp³-hybridized carbons (Fsp3) is 0.188. The van der Waals surface area contributed by atoms with Gasteiger partial charge in [-0.25, -0.2) is 0 Å². The van der Waals surface area contributed by atoms with Crippen LogP contribution in [0, 0.1) is 5.92 Å². The first-order chi connectivity index (χ1) is 35.9. The zero-order valence-corrected chi connectivity index (χ0v) is 43.8. The molecule has 0 aromatic heterocycles. The molecule has 8 aromatic rings. The Kier molecular flexibility index (Phi) is 8.92. The van der Waals surface area contributed by atoms with E-state index in [-0.39, 0.29) is 17.3 Å². The molecule has 2 nitrogen and oxygen atoms in total. The predicted molar refractivity (Wildman–Crippen MR) is 314 cm³/mol. The molecule has 0 N–H and O–H groups in total. The first-order valence-corrected chi connectivity index (χ1v) is 32.1. The molecular weight excluding hydrogens is 913 g/mol. The van der Waals surface area contributed by atoms with Crippen LogP contribution in [0.4, 0.5) is 28.4 Å². The van der Waals surface area contributed by atoms with Gasteiger partial charge in [-0.05, 0) is 154 Å². The van der Waals surface area contributed by atoms with Crippen LogP contribution in [0.1, 0.15) is 78.8 Å². The van der Waals surface area contributed by atoms with E-state index in [2.05, 4.69) is 230 Å². The summed E-state index contributed by atoms with van der Waals surface area (Å²) in [7, 11) is -3.62. The molecule has 352 valence electrons. The number of fused-ring (bicyclic) bond motifs is 13. The Bertz CT molecular complexity index is 3790. The third-order valence-electron chi connectivity index (χ3n) is 19.3. The first-order valence-electron chi connectivity index (χ1n) is 27.3. The topological polar surface area (TPSA) is 6.48 Å². The molecular formula is C69H58N2Si2. The predicted octanol–water partition coefficient (Wildman–Crippen LogP) is 15.5. The van der Waals surface area contributed by atoms with Crippen molar-refractivity contribution < 1.29 is 0 Å². The Morgan fingerprint density at radius 3 is 1.70 bits per heavy atom. The Hall–Kier alpha value is -7.25. The highest BCUT2D eigenvalue weighted by Gasteiger charge is 2.50. The lowest BCUT2D eigenvalue weighted by Crippen LogP contribution is -2.61. The minimum Gasteiger partial charge on any atom is -0.311 e. The summed E-state index contributed by atoms with van der Waals surface area (Å²) in [6.45, 7) is 4.87. The Labute approximate surface area is 432 Å². The molecule has 2 atom stereocenters. The van der Waals surface area contributed by atoms with E-state index in [1.54, 1.807) is 20.7 Å². The van der Waals surface area contributed by atoms with Gasteiger partial charge in [0.05, 0.1) is 0 Å². The van der Waals surface area contributed by atoms with Crippen LogP contribution in [0.15, 0.2) is 205 Å². The summed E-state index contributed by atoms with van der Waals surface area (Å²) in [4.78, 5) is 5.24. The van der Waals surface area contributed by atoms with Gasteiger partial charge in [0.1, 0.15) is 16.1 Å². The van der Waals surface area contributed by atoms with Gasteiger partial charge >= 0.3 is 0 Å². The maximum absolute atomic E-state index is 2.65. The summed E-state index contributed by atoms with van der Waals surface area (Å²) in [6.07, 6.45) is 22.3. The molecule has 0 radical (unpaired) electrons. The van der Waals surface area contributed by atoms with Crippen LogP contribution in [0.2, 0.25) is 24.2 Å². The molecule has 0 amide bonds. The first kappa shape index (κ1) is 42.3. The van der Waals surface area contributed by atoms with Crippen molar-refractivity contribution in [1.82, 2.24) is 0 Å². The molecule has 73 heavy (non-hydrogen) atoms. The Morgan fingerprint density at radius 2 is 1.07 bits per heavy atom. The van der Waals surface area contributed by atoms with Gasteiger partial charge < -0.3 is 9.80 Å². The molecule has 0 saturated carbocycles. The summed E-state index contributed by atoms with van der Waals surface area (Å²) in [6, 6.07) is 69.6. The quantitative estimate of drug-likeness (QED) is 0.128. The third-order valence-corrected chi connectivity index (χ3v) is 30.0. The molecule has 4 heteroatoms. The minimum absolute atomic E-state index is 0.152. The number of para-hydroxylation sites is 4. The molecule has 2 fully saturated rings. The van der Waals surface area contributed by atoms with Gasteiger partial charge in [-0.2, -0.15) is 0 Å². The molecule has 4 aliphatic carbocycles. The third kappa shape index (κ3) is 5.69. The SMILES string of the molecule is CC1(C)c2cc(/C=C/c3ccc4c5c(cccc35)C3=CC=C(N5c6ccccc6[Si]6(CCCC6)c6ccccc65)C5=CC=CC4C53)ccc2-c2ccc(N3c4ccccc4[Si]4(CCCC4)c4ccccc43)cc21. The van der Waals surface area contributed by atoms with Crippen LogP contribution >= 0.6 is 0 Å². The summed E-state index contributed by atoms with van der Waals surface area (Å²) in [5.41, 5.74) is 21.8. The average Bonchev–Trinajstić information content (AvgIpc) is 4.19. The lowest BCUT2D eigenvalue weighted by molar-refractivity contribution is 0.660. The fourth-order valence-electron chi connectivity index (χ4n) is 16.1. The smallest absolute Gasteiger partial charge is 0.123 e. The largest absolute Gasteiger partial charge is 0.311 e. The highest BCUT2D eigenvalue weighted by atomic mass is 28.3. The van der Waals surface area contributed by atoms with E-state index < -0.39 is 16.1 Å². The van der Waals surface area contributed by atoms with E-state index in [0.29, 0.717) is 0 Å². The van der Waals surface area contributed by atoms with Crippen LogP contribution in [-0.2, 0) is 5.41 Å². The molecule has 8 aliphatic rings. The summed E-state index contributed by atoms with van der Waals surface area (Å²) in [5.74, 6) is 0.526. The highest BCUT2D eigenvalue weighted by Crippen LogP contribution is 2.57. The summed E-state index contributed by atoms with van der Waals surface area (Å²) >= 11 is 0. The second-order valence-electron chi connectivity index (χ2n) is 23.0. The van der Waals surface area contributed by atoms with E-state index in [9.17, 15) is 0 Å². The fourth-order valence-corrected chi connectivity index (χ4v) is 27.2. The normalized spacial score (nSPS) is 21.3. The van der Waals surface area contributed by atoms with E-state index in [0.717, 1.165) is 0 Å². The Balaban J connectivity index is 0.743. The van der Waals surface area contributed by atoms with E-state index in [4.69, 9.17) is 0 Å². The van der Waals surface area contributed by atoms with Crippen molar-refractivity contribution in [3.8, 4) is 11.1 Å². The van der Waals surface area contributed by atoms with Gasteiger partial charge in [0.2, 0.25) is 0 Å². The molecule has 2 spiro atoms. The van der Waals surface area contributed by atoms with Crippen LogP contribution < -0.4 is 30.5 Å². The minimum atomic E-state index is -1.82. The molecule has 8 aromatic carbocycles. The Morgan fingerprint density at radius 1 is 0.493 bits per heavy atom. The maximum atomic E-state index is 2.65. The number of rotatable bonds is 4. The van der Waals surface area contributed by atoms with Crippen molar-refractivity contribution >= 4 is 93.8 Å². The van der Waals surface area contributed by atoms with Gasteiger partial charge in [0.25, 0.3) is 0 Å². The standard InChI is InChI=1S/C69H58N2Si2/c1-69(2)56-43-45(30-34-49(56)50-36-33-47(44-57(50)69)70-59-21-3-7-25-63(59)72(39-11-12-40-72)64-26-8-4-22-60(64)70)29-31-46-32-35-53-52-19-16-20-55-58(38-37-54(68(52)55)51-18-15-17-48(46)67(51)53)71-61-23-5-9-27-65(61)73(41-13-14-42-73)66-28-10-6-24-62(66)71/h3-10,15-38,43-44,52,68H,11-14,39-42H2,1-2H3/b31-29+. The van der Waals surface area contributed by atoms with Gasteiger partial charge in [0, 0.05) is 51.4 Å². The van der Waals surface area contributed by atoms with E-state index >= 15 is 0 Å². The van der Waals surface area contributed by atoms with Crippen molar-refractivity contribution in [3.63, 3.8) is 0 Å². The van der Waals surface area contributed by atoms with Crippen LogP contribution in [0.5, 0.6) is 0 Å². The number of benzene rings is 8. The number of hydrogen-bond donors (Lipinski definition) is 0. The number of anilines is 5. The van der Waals surface area contributed by atoms with Crippen molar-refractivity contribution in [2.45, 2.75) is 75.0 Å². The highest BCUT2D eigenvalue weighted by molar-refractivity contribution is 7.05. The van der Waals surface area contributed by atoms with Gasteiger partial charge in [0.15, 0.2) is 0 Å². The monoisotopic (exact) mass is 970 g/mol. The zero-order chi connectivity index (χ0) is 48.2. The second-order valence-corrected chi connectivity index (χ2v) is 31.5. The molecule has 4 heterocycles. The molecule has 2 unspecified atom stereocenters. The number of hydrogen-bond acceptors (Lipinski definition) is 2. The molecule has 0 bridgehead atoms. The van der Waals surface area contributed by atoms with E-state index in [1.807, 2.05) is 0 Å². The molecule has 4 aliphatic heterocycles. The number of nitrogens with zero attached hydrogens (tertiary/aromatic N) is 2.